The van der Waals surface area contributed by atoms with Crippen LogP contribution in [-0.2, 0) is 12.8 Å². The number of hydrogen-bond donors (Lipinski definition) is 0. The van der Waals surface area contributed by atoms with Crippen LogP contribution in [0.5, 0.6) is 0 Å². The highest BCUT2D eigenvalue weighted by Gasteiger charge is 2.15. The van der Waals surface area contributed by atoms with Crippen molar-refractivity contribution >= 4 is 0 Å². The smallest absolute Gasteiger partial charge is 0.0892 e. The molecule has 0 bridgehead atoms. The van der Waals surface area contributed by atoms with Crippen molar-refractivity contribution in [1.82, 2.24) is 19.9 Å². The minimum Gasteiger partial charge on any atom is -0.255 e. The Labute approximate surface area is 391 Å². The van der Waals surface area contributed by atoms with E-state index in [1.54, 1.807) is 0 Å². The molecule has 4 aromatic heterocycles. The van der Waals surface area contributed by atoms with Gasteiger partial charge in [-0.15, -0.1) is 0 Å². The van der Waals surface area contributed by atoms with E-state index in [1.807, 2.05) is 61.2 Å². The molecular formula is C62H58N4. The summed E-state index contributed by atoms with van der Waals surface area (Å²) in [4.78, 5) is 18.2. The lowest BCUT2D eigenvalue weighted by atomic mass is 9.86. The Morgan fingerprint density at radius 2 is 0.606 bits per heavy atom. The summed E-state index contributed by atoms with van der Waals surface area (Å²) < 4.78 is 0. The van der Waals surface area contributed by atoms with Gasteiger partial charge in [-0.05, 0) is 152 Å². The number of nitrogens with zero attached hydrogens (tertiary/aromatic N) is 4. The van der Waals surface area contributed by atoms with Crippen LogP contribution in [0, 0.1) is 0 Å². The zero-order valence-corrected chi connectivity index (χ0v) is 38.3. The van der Waals surface area contributed by atoms with Crippen LogP contribution in [0.25, 0.3) is 89.5 Å². The van der Waals surface area contributed by atoms with Crippen LogP contribution >= 0.6 is 0 Å². The van der Waals surface area contributed by atoms with Crippen molar-refractivity contribution in [2.24, 2.45) is 0 Å². The van der Waals surface area contributed by atoms with Crippen LogP contribution in [0.2, 0.25) is 0 Å². The molecule has 0 radical (unpaired) electrons. The van der Waals surface area contributed by atoms with E-state index >= 15 is 0 Å². The second-order valence-electron chi connectivity index (χ2n) is 17.4. The van der Waals surface area contributed by atoms with E-state index in [-0.39, 0.29) is 0 Å². The number of rotatable bonds is 18. The van der Waals surface area contributed by atoms with Crippen LogP contribution in [0.3, 0.4) is 0 Å². The normalized spacial score (nSPS) is 11.2. The third kappa shape index (κ3) is 10.6. The Morgan fingerprint density at radius 3 is 0.939 bits per heavy atom. The topological polar surface area (TPSA) is 51.6 Å². The summed E-state index contributed by atoms with van der Waals surface area (Å²) >= 11 is 0. The van der Waals surface area contributed by atoms with E-state index in [0.717, 1.165) is 57.9 Å². The SMILES string of the molecule is CCCCCCc1cc(-c2ccc(-c3ccc(-c4ccnc(-c5ccccn5)c4)cc3)cc2)c(CCCCCC)cc1-c1ccc(-c2ccc(-c3ccnc(-c4ccccn4)c3)cc2)cc1. The summed E-state index contributed by atoms with van der Waals surface area (Å²) in [7, 11) is 0. The monoisotopic (exact) mass is 858 g/mol. The molecule has 0 N–H and O–H groups in total. The van der Waals surface area contributed by atoms with Crippen LogP contribution < -0.4 is 0 Å². The molecule has 0 atom stereocenters. The fourth-order valence-electron chi connectivity index (χ4n) is 9.05. The van der Waals surface area contributed by atoms with E-state index in [0.29, 0.717) is 0 Å². The Morgan fingerprint density at radius 1 is 0.273 bits per heavy atom. The van der Waals surface area contributed by atoms with Gasteiger partial charge >= 0.3 is 0 Å². The highest BCUT2D eigenvalue weighted by atomic mass is 14.8. The fraction of sp³-hybridized carbons (Fsp3) is 0.194. The molecule has 0 spiro atoms. The van der Waals surface area contributed by atoms with Crippen molar-refractivity contribution in [1.29, 1.82) is 0 Å². The molecular weight excluding hydrogens is 801 g/mol. The van der Waals surface area contributed by atoms with E-state index in [4.69, 9.17) is 0 Å². The molecule has 0 unspecified atom stereocenters. The molecule has 4 heterocycles. The van der Waals surface area contributed by atoms with Crippen LogP contribution in [-0.4, -0.2) is 19.9 Å². The molecule has 4 nitrogen and oxygen atoms in total. The second kappa shape index (κ2) is 21.6. The summed E-state index contributed by atoms with van der Waals surface area (Å²) in [5, 5.41) is 0. The second-order valence-corrected chi connectivity index (χ2v) is 17.4. The number of aromatic nitrogens is 4. The van der Waals surface area contributed by atoms with Crippen molar-refractivity contribution in [3.8, 4) is 89.5 Å². The lowest BCUT2D eigenvalue weighted by molar-refractivity contribution is 0.664. The van der Waals surface area contributed by atoms with Crippen LogP contribution in [0.15, 0.2) is 195 Å². The lowest BCUT2D eigenvalue weighted by Gasteiger charge is -2.18. The molecule has 0 amide bonds. The zero-order chi connectivity index (χ0) is 44.9. The maximum Gasteiger partial charge on any atom is 0.0892 e. The maximum atomic E-state index is 4.58. The van der Waals surface area contributed by atoms with Gasteiger partial charge in [0.2, 0.25) is 0 Å². The molecule has 4 heteroatoms. The Kier molecular flexibility index (Phi) is 14.4. The van der Waals surface area contributed by atoms with Crippen LogP contribution in [0.1, 0.15) is 76.3 Å². The average Bonchev–Trinajstić information content (AvgIpc) is 3.40. The standard InChI is InChI=1S/C62H58N4/c1-3-5-7-9-15-55-41-58(52-33-29-48(30-34-52)46-21-25-50(26-22-46)54-36-40-66-62(44-54)60-18-12-14-38-64-60)56(16-10-8-6-4-2)42-57(55)51-31-27-47(28-32-51)45-19-23-49(24-20-45)53-35-39-65-61(43-53)59-17-11-13-37-63-59/h11-14,17-44H,3-10,15-16H2,1-2H3. The molecule has 326 valence electrons. The summed E-state index contributed by atoms with van der Waals surface area (Å²) in [6.07, 6.45) is 19.4. The molecule has 0 saturated heterocycles. The number of unbranched alkanes of at least 4 members (excludes halogenated alkanes) is 6. The van der Waals surface area contributed by atoms with E-state index in [1.165, 1.54) is 107 Å². The minimum atomic E-state index is 0.879. The summed E-state index contributed by atoms with van der Waals surface area (Å²) in [6.45, 7) is 4.59. The van der Waals surface area contributed by atoms with Gasteiger partial charge in [0.1, 0.15) is 0 Å². The van der Waals surface area contributed by atoms with Gasteiger partial charge in [-0.3, -0.25) is 19.9 Å². The quantitative estimate of drug-likeness (QED) is 0.0807. The summed E-state index contributed by atoms with van der Waals surface area (Å²) in [5.41, 5.74) is 21.2. The number of benzene rings is 5. The summed E-state index contributed by atoms with van der Waals surface area (Å²) in [6, 6.07) is 61.7. The van der Waals surface area contributed by atoms with Crippen molar-refractivity contribution in [3.05, 3.63) is 206 Å². The van der Waals surface area contributed by atoms with Crippen molar-refractivity contribution in [3.63, 3.8) is 0 Å². The maximum absolute atomic E-state index is 4.58. The first-order chi connectivity index (χ1) is 32.6. The van der Waals surface area contributed by atoms with Crippen molar-refractivity contribution in [2.45, 2.75) is 78.1 Å². The molecule has 0 fully saturated rings. The van der Waals surface area contributed by atoms with Crippen molar-refractivity contribution in [2.75, 3.05) is 0 Å². The fourth-order valence-corrected chi connectivity index (χ4v) is 9.05. The molecule has 0 aliphatic heterocycles. The Bertz CT molecular complexity index is 2740. The van der Waals surface area contributed by atoms with Gasteiger partial charge in [0.05, 0.1) is 22.8 Å². The first kappa shape index (κ1) is 43.9. The number of aryl methyl sites for hydroxylation is 2. The first-order valence-electron chi connectivity index (χ1n) is 24.0. The van der Waals surface area contributed by atoms with E-state index in [2.05, 4.69) is 167 Å². The summed E-state index contributed by atoms with van der Waals surface area (Å²) in [5.74, 6) is 0. The predicted octanol–water partition coefficient (Wildman–Crippen LogP) is 16.8. The molecule has 5 aromatic carbocycles. The highest BCUT2D eigenvalue weighted by Crippen LogP contribution is 2.37. The third-order valence-electron chi connectivity index (χ3n) is 12.8. The molecule has 9 aromatic rings. The van der Waals surface area contributed by atoms with Gasteiger partial charge in [0, 0.05) is 24.8 Å². The van der Waals surface area contributed by atoms with Crippen molar-refractivity contribution < 1.29 is 0 Å². The average molecular weight is 859 g/mol. The highest BCUT2D eigenvalue weighted by molar-refractivity contribution is 5.81. The Balaban J connectivity index is 0.978. The number of pyridine rings is 4. The first-order valence-corrected chi connectivity index (χ1v) is 24.0. The van der Waals surface area contributed by atoms with Gasteiger partial charge < -0.3 is 0 Å². The predicted molar refractivity (Wildman–Crippen MR) is 277 cm³/mol. The van der Waals surface area contributed by atoms with E-state index < -0.39 is 0 Å². The molecule has 66 heavy (non-hydrogen) atoms. The third-order valence-corrected chi connectivity index (χ3v) is 12.8. The lowest BCUT2D eigenvalue weighted by Crippen LogP contribution is -1.99. The largest absolute Gasteiger partial charge is 0.255 e. The molecule has 9 rings (SSSR count). The molecule has 0 aliphatic carbocycles. The molecule has 0 saturated carbocycles. The minimum absolute atomic E-state index is 0.879. The van der Waals surface area contributed by atoms with Crippen LogP contribution in [0.4, 0.5) is 0 Å². The van der Waals surface area contributed by atoms with Gasteiger partial charge in [-0.1, -0.05) is 174 Å². The van der Waals surface area contributed by atoms with E-state index in [9.17, 15) is 0 Å². The van der Waals surface area contributed by atoms with Gasteiger partial charge in [0.15, 0.2) is 0 Å². The molecule has 0 aliphatic rings. The number of hydrogen-bond acceptors (Lipinski definition) is 4. The van der Waals surface area contributed by atoms with Gasteiger partial charge in [0.25, 0.3) is 0 Å². The van der Waals surface area contributed by atoms with Gasteiger partial charge in [-0.25, -0.2) is 0 Å². The zero-order valence-electron chi connectivity index (χ0n) is 38.3. The van der Waals surface area contributed by atoms with Gasteiger partial charge in [-0.2, -0.15) is 0 Å². The Hall–Kier alpha value is -7.30.